The molecule has 2 aromatic rings. The molecule has 5 nitrogen and oxygen atoms in total. The van der Waals surface area contributed by atoms with Crippen LogP contribution in [0.3, 0.4) is 0 Å². The lowest BCUT2D eigenvalue weighted by molar-refractivity contribution is 0.0691. The minimum atomic E-state index is -0.989. The van der Waals surface area contributed by atoms with E-state index in [1.54, 1.807) is 6.07 Å². The summed E-state index contributed by atoms with van der Waals surface area (Å²) in [6.45, 7) is 6.17. The number of nitrogens with zero attached hydrogens (tertiary/aromatic N) is 2. The third-order valence-electron chi connectivity index (χ3n) is 3.00. The summed E-state index contributed by atoms with van der Waals surface area (Å²) in [6, 6.07) is 7.24. The number of carboxylic acid groups (broad SMARTS) is 1. The van der Waals surface area contributed by atoms with Gasteiger partial charge in [0.1, 0.15) is 17.9 Å². The van der Waals surface area contributed by atoms with Gasteiger partial charge in [-0.05, 0) is 38.5 Å². The topological polar surface area (TPSA) is 64.3 Å². The molecule has 20 heavy (non-hydrogen) atoms. The van der Waals surface area contributed by atoms with E-state index in [1.807, 2.05) is 43.8 Å². The van der Waals surface area contributed by atoms with Crippen LogP contribution in [0.2, 0.25) is 0 Å². The first-order valence-electron chi connectivity index (χ1n) is 6.48. The number of para-hydroxylation sites is 1. The number of aromatic nitrogens is 2. The average Bonchev–Trinajstić information content (AvgIpc) is 2.86. The van der Waals surface area contributed by atoms with Crippen molar-refractivity contribution in [3.63, 3.8) is 0 Å². The predicted octanol–water partition coefficient (Wildman–Crippen LogP) is 3.05. The highest BCUT2D eigenvalue weighted by Crippen LogP contribution is 2.24. The number of carbonyl (C=O) groups is 1. The van der Waals surface area contributed by atoms with E-state index in [1.165, 1.54) is 6.07 Å². The molecule has 0 amide bonds. The van der Waals surface area contributed by atoms with Crippen LogP contribution in [-0.2, 0) is 6.61 Å². The first-order chi connectivity index (χ1) is 9.49. The number of hydrogen-bond acceptors (Lipinski definition) is 3. The summed E-state index contributed by atoms with van der Waals surface area (Å²) in [5.74, 6) is -0.587. The molecule has 1 N–H and O–H groups in total. The summed E-state index contributed by atoms with van der Waals surface area (Å²) in [6.07, 6.45) is 1.89. The molecule has 0 aliphatic heterocycles. The van der Waals surface area contributed by atoms with Gasteiger partial charge in [0.15, 0.2) is 0 Å². The lowest BCUT2D eigenvalue weighted by Gasteiger charge is -2.11. The van der Waals surface area contributed by atoms with Crippen LogP contribution in [0.5, 0.6) is 5.75 Å². The van der Waals surface area contributed by atoms with Gasteiger partial charge in [0.05, 0.1) is 5.69 Å². The van der Waals surface area contributed by atoms with Crippen molar-refractivity contribution in [3.05, 3.63) is 47.3 Å². The number of hydrogen-bond donors (Lipinski definition) is 1. The Morgan fingerprint density at radius 2 is 2.15 bits per heavy atom. The number of aryl methyl sites for hydroxylation is 1. The Bertz CT molecular complexity index is 617. The Kier molecular flexibility index (Phi) is 4.08. The van der Waals surface area contributed by atoms with Gasteiger partial charge in [-0.3, -0.25) is 4.68 Å². The van der Waals surface area contributed by atoms with Crippen LogP contribution in [-0.4, -0.2) is 20.9 Å². The van der Waals surface area contributed by atoms with Crippen molar-refractivity contribution in [2.45, 2.75) is 33.4 Å². The zero-order chi connectivity index (χ0) is 14.7. The molecule has 0 saturated carbocycles. The molecule has 0 bridgehead atoms. The largest absolute Gasteiger partial charge is 0.486 e. The van der Waals surface area contributed by atoms with Gasteiger partial charge in [-0.25, -0.2) is 4.79 Å². The molecule has 0 aliphatic rings. The van der Waals surface area contributed by atoms with E-state index in [0.717, 1.165) is 11.3 Å². The zero-order valence-corrected chi connectivity index (χ0v) is 11.8. The Hall–Kier alpha value is -2.30. The van der Waals surface area contributed by atoms with Crippen LogP contribution in [0.4, 0.5) is 0 Å². The summed E-state index contributed by atoms with van der Waals surface area (Å²) in [5, 5.41) is 13.5. The molecule has 2 rings (SSSR count). The predicted molar refractivity (Wildman–Crippen MR) is 75.1 cm³/mol. The van der Waals surface area contributed by atoms with Crippen LogP contribution in [0, 0.1) is 6.92 Å². The van der Waals surface area contributed by atoms with Crippen LogP contribution in [0.1, 0.15) is 41.5 Å². The van der Waals surface area contributed by atoms with E-state index >= 15 is 0 Å². The maximum absolute atomic E-state index is 11.2. The molecule has 106 valence electrons. The Balaban J connectivity index is 2.16. The fraction of sp³-hybridized carbons (Fsp3) is 0.333. The molecule has 5 heteroatoms. The van der Waals surface area contributed by atoms with Crippen molar-refractivity contribution < 1.29 is 14.6 Å². The van der Waals surface area contributed by atoms with Crippen molar-refractivity contribution in [2.75, 3.05) is 0 Å². The van der Waals surface area contributed by atoms with Crippen molar-refractivity contribution >= 4 is 5.97 Å². The van der Waals surface area contributed by atoms with Crippen molar-refractivity contribution in [1.82, 2.24) is 9.78 Å². The van der Waals surface area contributed by atoms with Crippen molar-refractivity contribution in [1.29, 1.82) is 0 Å². The van der Waals surface area contributed by atoms with Crippen LogP contribution in [0.15, 0.2) is 30.5 Å². The van der Waals surface area contributed by atoms with Gasteiger partial charge in [0.25, 0.3) is 0 Å². The number of ether oxygens (including phenoxy) is 1. The molecule has 0 atom stereocenters. The van der Waals surface area contributed by atoms with Crippen LogP contribution in [0.25, 0.3) is 0 Å². The molecule has 0 aliphatic carbocycles. The molecule has 0 saturated heterocycles. The summed E-state index contributed by atoms with van der Waals surface area (Å²) in [4.78, 5) is 11.2. The van der Waals surface area contributed by atoms with Gasteiger partial charge in [-0.2, -0.15) is 5.10 Å². The maximum Gasteiger partial charge on any atom is 0.339 e. The molecule has 0 fully saturated rings. The van der Waals surface area contributed by atoms with E-state index < -0.39 is 5.97 Å². The third kappa shape index (κ3) is 2.99. The maximum atomic E-state index is 11.2. The van der Waals surface area contributed by atoms with E-state index in [9.17, 15) is 4.79 Å². The molecule has 1 aromatic heterocycles. The van der Waals surface area contributed by atoms with E-state index in [2.05, 4.69) is 5.10 Å². The fourth-order valence-corrected chi connectivity index (χ4v) is 1.90. The third-order valence-corrected chi connectivity index (χ3v) is 3.00. The SMILES string of the molecule is Cc1cccc(C(=O)O)c1OCc1ccn(C(C)C)n1. The van der Waals surface area contributed by atoms with E-state index in [-0.39, 0.29) is 18.2 Å². The highest BCUT2D eigenvalue weighted by Gasteiger charge is 2.14. The molecule has 1 heterocycles. The normalized spacial score (nSPS) is 10.8. The van der Waals surface area contributed by atoms with Gasteiger partial charge in [0.2, 0.25) is 0 Å². The van der Waals surface area contributed by atoms with Gasteiger partial charge in [-0.1, -0.05) is 12.1 Å². The molecule has 0 radical (unpaired) electrons. The second-order valence-corrected chi connectivity index (χ2v) is 4.93. The van der Waals surface area contributed by atoms with Gasteiger partial charge < -0.3 is 9.84 Å². The zero-order valence-electron chi connectivity index (χ0n) is 11.8. The standard InChI is InChI=1S/C15H18N2O3/c1-10(2)17-8-7-12(16-17)9-20-14-11(3)5-4-6-13(14)15(18)19/h4-8,10H,9H2,1-3H3,(H,18,19). The number of rotatable bonds is 5. The monoisotopic (exact) mass is 274 g/mol. The molecule has 0 unspecified atom stereocenters. The second kappa shape index (κ2) is 5.77. The minimum Gasteiger partial charge on any atom is -0.486 e. The smallest absolute Gasteiger partial charge is 0.339 e. The summed E-state index contributed by atoms with van der Waals surface area (Å²) in [5.41, 5.74) is 1.75. The average molecular weight is 274 g/mol. The lowest BCUT2D eigenvalue weighted by atomic mass is 10.1. The number of carboxylic acids is 1. The van der Waals surface area contributed by atoms with Gasteiger partial charge in [0, 0.05) is 12.2 Å². The highest BCUT2D eigenvalue weighted by molar-refractivity contribution is 5.91. The Labute approximate surface area is 117 Å². The quantitative estimate of drug-likeness (QED) is 0.910. The van der Waals surface area contributed by atoms with Crippen LogP contribution < -0.4 is 4.74 Å². The Morgan fingerprint density at radius 3 is 2.75 bits per heavy atom. The number of benzene rings is 1. The lowest BCUT2D eigenvalue weighted by Crippen LogP contribution is -2.06. The van der Waals surface area contributed by atoms with Crippen LogP contribution >= 0.6 is 0 Å². The van der Waals surface area contributed by atoms with E-state index in [0.29, 0.717) is 5.75 Å². The van der Waals surface area contributed by atoms with Crippen molar-refractivity contribution in [2.24, 2.45) is 0 Å². The molecule has 1 aromatic carbocycles. The Morgan fingerprint density at radius 1 is 1.40 bits per heavy atom. The first-order valence-corrected chi connectivity index (χ1v) is 6.48. The van der Waals surface area contributed by atoms with Gasteiger partial charge in [-0.15, -0.1) is 0 Å². The summed E-state index contributed by atoms with van der Waals surface area (Å²) in [7, 11) is 0. The highest BCUT2D eigenvalue weighted by atomic mass is 16.5. The second-order valence-electron chi connectivity index (χ2n) is 4.93. The molecular weight excluding hydrogens is 256 g/mol. The molecular formula is C15H18N2O3. The fourth-order valence-electron chi connectivity index (χ4n) is 1.90. The van der Waals surface area contributed by atoms with Crippen molar-refractivity contribution in [3.8, 4) is 5.75 Å². The summed E-state index contributed by atoms with van der Waals surface area (Å²) < 4.78 is 7.49. The molecule has 0 spiro atoms. The van der Waals surface area contributed by atoms with E-state index in [4.69, 9.17) is 9.84 Å². The summed E-state index contributed by atoms with van der Waals surface area (Å²) >= 11 is 0. The first kappa shape index (κ1) is 14.1. The minimum absolute atomic E-state index is 0.174. The van der Waals surface area contributed by atoms with Gasteiger partial charge >= 0.3 is 5.97 Å². The number of aromatic carboxylic acids is 1.